The van der Waals surface area contributed by atoms with Crippen molar-refractivity contribution in [3.63, 3.8) is 0 Å². The third kappa shape index (κ3) is 4.38. The summed E-state index contributed by atoms with van der Waals surface area (Å²) in [5, 5.41) is 27.7. The van der Waals surface area contributed by atoms with Crippen LogP contribution >= 0.6 is 0 Å². The maximum atomic E-state index is 11.9. The first kappa shape index (κ1) is 25.8. The predicted octanol–water partition coefficient (Wildman–Crippen LogP) is 5.22. The average Bonchev–Trinajstić information content (AvgIpc) is 3.57. The van der Waals surface area contributed by atoms with E-state index in [1.54, 1.807) is 6.92 Å². The van der Waals surface area contributed by atoms with Crippen LogP contribution in [0.3, 0.4) is 0 Å². The van der Waals surface area contributed by atoms with Crippen LogP contribution in [-0.4, -0.2) is 30.5 Å². The number of nitrogens with zero attached hydrogens (tertiary/aromatic N) is 3. The molecule has 1 fully saturated rings. The molecule has 7 heteroatoms. The molecule has 2 aliphatic carbocycles. The normalized spacial score (nSPS) is 28.1. The molecule has 4 aromatic rings. The van der Waals surface area contributed by atoms with E-state index in [1.165, 1.54) is 11.1 Å². The molecule has 2 heterocycles. The maximum Gasteiger partial charge on any atom is 0.232 e. The molecule has 0 radical (unpaired) electrons. The van der Waals surface area contributed by atoms with Crippen molar-refractivity contribution in [1.29, 1.82) is 0 Å². The van der Waals surface area contributed by atoms with E-state index in [0.717, 1.165) is 36.3 Å². The summed E-state index contributed by atoms with van der Waals surface area (Å²) in [4.78, 5) is 4.49. The Hall–Kier alpha value is -3.42. The number of fused-ring (bicyclic) bond motifs is 3. The van der Waals surface area contributed by atoms with Crippen molar-refractivity contribution in [3.05, 3.63) is 101 Å². The number of aryl methyl sites for hydroxylation is 2. The lowest BCUT2D eigenvalue weighted by Gasteiger charge is -2.59. The van der Waals surface area contributed by atoms with Gasteiger partial charge in [-0.2, -0.15) is 4.98 Å². The quantitative estimate of drug-likeness (QED) is 0.342. The van der Waals surface area contributed by atoms with Gasteiger partial charge < -0.3 is 24.0 Å². The van der Waals surface area contributed by atoms with Crippen LogP contribution in [0.2, 0.25) is 0 Å². The van der Waals surface area contributed by atoms with Gasteiger partial charge in [0.1, 0.15) is 11.4 Å². The standard InChI is InChI=1S/C32H37N3O4/c1-4-31-21-30(2,36)32(37,23-9-6-5-7-10-23)19-24(31)13-12-22-17-26(14-15-27(22)31)38-20-28-33-29(39-34-28)18-25-11-8-16-35(25)3/h5-11,14-17,24,36-37H,4,12-13,18-21H2,1-3H3/t24-,30?,31-,32-/m1/s1. The number of hydrogen-bond acceptors (Lipinski definition) is 6. The summed E-state index contributed by atoms with van der Waals surface area (Å²) < 4.78 is 13.6. The highest BCUT2D eigenvalue weighted by Crippen LogP contribution is 2.60. The smallest absolute Gasteiger partial charge is 0.232 e. The third-order valence-corrected chi connectivity index (χ3v) is 9.39. The van der Waals surface area contributed by atoms with E-state index in [1.807, 2.05) is 66.3 Å². The molecule has 4 atom stereocenters. The van der Waals surface area contributed by atoms with Crippen molar-refractivity contribution >= 4 is 0 Å². The highest BCUT2D eigenvalue weighted by atomic mass is 16.5. The lowest BCUT2D eigenvalue weighted by molar-refractivity contribution is -0.205. The predicted molar refractivity (Wildman–Crippen MR) is 147 cm³/mol. The van der Waals surface area contributed by atoms with Crippen LogP contribution in [0.1, 0.15) is 73.6 Å². The van der Waals surface area contributed by atoms with Gasteiger partial charge in [-0.1, -0.05) is 48.5 Å². The molecule has 0 spiro atoms. The van der Waals surface area contributed by atoms with Crippen LogP contribution in [0.25, 0.3) is 0 Å². The Bertz CT molecular complexity index is 1460. The maximum absolute atomic E-state index is 11.9. The van der Waals surface area contributed by atoms with E-state index in [2.05, 4.69) is 29.2 Å². The lowest BCUT2D eigenvalue weighted by Crippen LogP contribution is -2.62. The molecule has 1 saturated carbocycles. The first-order chi connectivity index (χ1) is 18.7. The van der Waals surface area contributed by atoms with E-state index in [4.69, 9.17) is 9.26 Å². The average molecular weight is 528 g/mol. The Labute approximate surface area is 229 Å². The molecule has 2 aromatic heterocycles. The molecular weight excluding hydrogens is 490 g/mol. The fourth-order valence-corrected chi connectivity index (χ4v) is 7.20. The van der Waals surface area contributed by atoms with Gasteiger partial charge in [-0.3, -0.25) is 0 Å². The minimum atomic E-state index is -1.28. The Morgan fingerprint density at radius 3 is 2.67 bits per heavy atom. The SMILES string of the molecule is CC[C@@]12CC(C)(O)[C@](O)(c3ccccc3)C[C@H]1CCc1cc(OCc3noc(Cc4cccn4C)n3)ccc12. The second-order valence-electron chi connectivity index (χ2n) is 11.6. The largest absolute Gasteiger partial charge is 0.485 e. The van der Waals surface area contributed by atoms with Gasteiger partial charge in [0.25, 0.3) is 0 Å². The summed E-state index contributed by atoms with van der Waals surface area (Å²) in [6.45, 7) is 4.24. The summed E-state index contributed by atoms with van der Waals surface area (Å²) in [6, 6.07) is 20.0. The van der Waals surface area contributed by atoms with Gasteiger partial charge in [0, 0.05) is 24.4 Å². The highest BCUT2D eigenvalue weighted by Gasteiger charge is 2.60. The van der Waals surface area contributed by atoms with Gasteiger partial charge in [-0.15, -0.1) is 0 Å². The first-order valence-electron chi connectivity index (χ1n) is 13.9. The van der Waals surface area contributed by atoms with Crippen LogP contribution in [-0.2, 0) is 37.5 Å². The first-order valence-corrected chi connectivity index (χ1v) is 13.9. The zero-order valence-corrected chi connectivity index (χ0v) is 22.9. The molecule has 0 amide bonds. The topological polar surface area (TPSA) is 93.5 Å². The molecule has 0 saturated heterocycles. The molecule has 7 nitrogen and oxygen atoms in total. The number of hydrogen-bond donors (Lipinski definition) is 2. The number of aromatic nitrogens is 3. The zero-order valence-electron chi connectivity index (χ0n) is 22.9. The van der Waals surface area contributed by atoms with Crippen LogP contribution in [0, 0.1) is 5.92 Å². The van der Waals surface area contributed by atoms with Gasteiger partial charge in [-0.05, 0) is 85.9 Å². The van der Waals surface area contributed by atoms with E-state index >= 15 is 0 Å². The third-order valence-electron chi connectivity index (χ3n) is 9.39. The Kier molecular flexibility index (Phi) is 6.39. The molecular formula is C32H37N3O4. The summed E-state index contributed by atoms with van der Waals surface area (Å²) in [7, 11) is 1.99. The van der Waals surface area contributed by atoms with Crippen LogP contribution in [0.15, 0.2) is 71.4 Å². The van der Waals surface area contributed by atoms with Crippen molar-refractivity contribution in [2.75, 3.05) is 0 Å². The summed E-state index contributed by atoms with van der Waals surface area (Å²) in [5.41, 5.74) is 1.69. The van der Waals surface area contributed by atoms with Gasteiger partial charge in [0.2, 0.25) is 11.7 Å². The highest BCUT2D eigenvalue weighted by molar-refractivity contribution is 5.45. The second-order valence-corrected chi connectivity index (χ2v) is 11.6. The monoisotopic (exact) mass is 527 g/mol. The van der Waals surface area contributed by atoms with Crippen LogP contribution in [0.4, 0.5) is 0 Å². The van der Waals surface area contributed by atoms with Crippen molar-refractivity contribution in [2.45, 2.75) is 75.6 Å². The fourth-order valence-electron chi connectivity index (χ4n) is 7.20. The number of benzene rings is 2. The number of aliphatic hydroxyl groups is 2. The van der Waals surface area contributed by atoms with Crippen LogP contribution < -0.4 is 4.74 Å². The van der Waals surface area contributed by atoms with Crippen molar-refractivity contribution in [3.8, 4) is 5.75 Å². The van der Waals surface area contributed by atoms with Crippen molar-refractivity contribution < 1.29 is 19.5 Å². The van der Waals surface area contributed by atoms with E-state index in [0.29, 0.717) is 31.0 Å². The molecule has 0 bridgehead atoms. The summed E-state index contributed by atoms with van der Waals surface area (Å²) >= 11 is 0. The molecule has 2 N–H and O–H groups in total. The second kappa shape index (κ2) is 9.65. The Morgan fingerprint density at radius 2 is 1.92 bits per heavy atom. The lowest BCUT2D eigenvalue weighted by atomic mass is 9.49. The summed E-state index contributed by atoms with van der Waals surface area (Å²) in [6.07, 6.45) is 6.40. The van der Waals surface area contributed by atoms with E-state index < -0.39 is 11.2 Å². The number of ether oxygens (including phenoxy) is 1. The zero-order chi connectivity index (χ0) is 27.3. The molecule has 0 aliphatic heterocycles. The van der Waals surface area contributed by atoms with Crippen molar-refractivity contribution in [2.24, 2.45) is 13.0 Å². The molecule has 1 unspecified atom stereocenters. The molecule has 2 aromatic carbocycles. The summed E-state index contributed by atoms with van der Waals surface area (Å²) in [5.74, 6) is 2.13. The van der Waals surface area contributed by atoms with E-state index in [-0.39, 0.29) is 17.9 Å². The van der Waals surface area contributed by atoms with Gasteiger partial charge >= 0.3 is 0 Å². The Balaban J connectivity index is 1.20. The fraction of sp³-hybridized carbons (Fsp3) is 0.438. The van der Waals surface area contributed by atoms with Crippen molar-refractivity contribution in [1.82, 2.24) is 14.7 Å². The van der Waals surface area contributed by atoms with Crippen LogP contribution in [0.5, 0.6) is 5.75 Å². The molecule has 204 valence electrons. The van der Waals surface area contributed by atoms with Gasteiger partial charge in [0.15, 0.2) is 6.61 Å². The minimum absolute atomic E-state index is 0.198. The molecule has 39 heavy (non-hydrogen) atoms. The number of rotatable bonds is 7. The molecule has 2 aliphatic rings. The minimum Gasteiger partial charge on any atom is -0.485 e. The van der Waals surface area contributed by atoms with Gasteiger partial charge in [-0.25, -0.2) is 0 Å². The van der Waals surface area contributed by atoms with E-state index in [9.17, 15) is 10.2 Å². The Morgan fingerprint density at radius 1 is 1.10 bits per heavy atom. The van der Waals surface area contributed by atoms with Gasteiger partial charge in [0.05, 0.1) is 12.0 Å². The molecule has 6 rings (SSSR count).